The lowest BCUT2D eigenvalue weighted by Gasteiger charge is -2.26. The van der Waals surface area contributed by atoms with Crippen molar-refractivity contribution in [3.05, 3.63) is 23.9 Å². The first kappa shape index (κ1) is 8.99. The van der Waals surface area contributed by atoms with Gasteiger partial charge in [-0.2, -0.15) is 0 Å². The summed E-state index contributed by atoms with van der Waals surface area (Å²) in [6, 6.07) is 5.47. The Bertz CT molecular complexity index is 348. The predicted molar refractivity (Wildman–Crippen MR) is 52.5 cm³/mol. The maximum Gasteiger partial charge on any atom is 0.354 e. The fourth-order valence-electron chi connectivity index (χ4n) is 1.40. The van der Waals surface area contributed by atoms with E-state index in [1.165, 1.54) is 12.5 Å². The van der Waals surface area contributed by atoms with Crippen LogP contribution in [0.25, 0.3) is 0 Å². The average Bonchev–Trinajstić information content (AvgIpc) is 2.12. The first-order chi connectivity index (χ1) is 6.75. The predicted octanol–water partition coefficient (Wildman–Crippen LogP) is 1.74. The number of anilines is 1. The fraction of sp³-hybridized carbons (Fsp3) is 0.400. The van der Waals surface area contributed by atoms with E-state index in [2.05, 4.69) is 10.3 Å². The number of carboxylic acid groups (broad SMARTS) is 1. The van der Waals surface area contributed by atoms with E-state index in [-0.39, 0.29) is 5.69 Å². The molecule has 0 unspecified atom stereocenters. The van der Waals surface area contributed by atoms with Crippen LogP contribution in [-0.2, 0) is 0 Å². The van der Waals surface area contributed by atoms with E-state index in [1.54, 1.807) is 12.1 Å². The van der Waals surface area contributed by atoms with Gasteiger partial charge in [-0.05, 0) is 31.4 Å². The van der Waals surface area contributed by atoms with Crippen molar-refractivity contribution < 1.29 is 9.90 Å². The van der Waals surface area contributed by atoms with Crippen LogP contribution in [0.4, 0.5) is 5.82 Å². The smallest absolute Gasteiger partial charge is 0.354 e. The van der Waals surface area contributed by atoms with Crippen LogP contribution in [0.1, 0.15) is 29.8 Å². The first-order valence-corrected chi connectivity index (χ1v) is 4.72. The van der Waals surface area contributed by atoms with Crippen molar-refractivity contribution in [3.63, 3.8) is 0 Å². The minimum absolute atomic E-state index is 0.0920. The Labute approximate surface area is 82.0 Å². The maximum absolute atomic E-state index is 10.6. The molecule has 1 saturated carbocycles. The molecule has 0 aromatic carbocycles. The standard InChI is InChI=1S/C10H12N2O2/c13-10(14)8-5-2-6-9(12-8)11-7-3-1-4-7/h2,5-7H,1,3-4H2,(H,11,12)(H,13,14). The van der Waals surface area contributed by atoms with E-state index in [1.807, 2.05) is 0 Å². The molecule has 1 aliphatic carbocycles. The molecule has 0 saturated heterocycles. The van der Waals surface area contributed by atoms with Crippen LogP contribution in [0.15, 0.2) is 18.2 Å². The lowest BCUT2D eigenvalue weighted by molar-refractivity contribution is 0.0690. The van der Waals surface area contributed by atoms with Crippen LogP contribution in [-0.4, -0.2) is 22.1 Å². The SMILES string of the molecule is O=C(O)c1cccc(NC2CCC2)n1. The van der Waals surface area contributed by atoms with Crippen molar-refractivity contribution in [1.29, 1.82) is 0 Å². The van der Waals surface area contributed by atoms with Crippen molar-refractivity contribution in [3.8, 4) is 0 Å². The minimum atomic E-state index is -0.984. The molecule has 0 atom stereocenters. The quantitative estimate of drug-likeness (QED) is 0.765. The summed E-state index contributed by atoms with van der Waals surface area (Å²) in [5, 5.41) is 11.9. The first-order valence-electron chi connectivity index (χ1n) is 4.72. The number of aromatic nitrogens is 1. The third-order valence-electron chi connectivity index (χ3n) is 2.43. The minimum Gasteiger partial charge on any atom is -0.477 e. The van der Waals surface area contributed by atoms with Gasteiger partial charge < -0.3 is 10.4 Å². The van der Waals surface area contributed by atoms with Crippen molar-refractivity contribution in [2.75, 3.05) is 5.32 Å². The number of hydrogen-bond donors (Lipinski definition) is 2. The van der Waals surface area contributed by atoms with Crippen molar-refractivity contribution >= 4 is 11.8 Å². The molecule has 1 aromatic rings. The molecule has 0 radical (unpaired) electrons. The topological polar surface area (TPSA) is 62.2 Å². The molecule has 1 aliphatic rings. The van der Waals surface area contributed by atoms with Gasteiger partial charge in [0.1, 0.15) is 5.82 Å². The molecule has 0 spiro atoms. The van der Waals surface area contributed by atoms with Crippen LogP contribution in [0.5, 0.6) is 0 Å². The second-order valence-corrected chi connectivity index (χ2v) is 3.49. The van der Waals surface area contributed by atoms with Gasteiger partial charge in [0.05, 0.1) is 0 Å². The molecule has 0 aliphatic heterocycles. The highest BCUT2D eigenvalue weighted by atomic mass is 16.4. The Balaban J connectivity index is 2.09. The van der Waals surface area contributed by atoms with Gasteiger partial charge in [-0.25, -0.2) is 9.78 Å². The van der Waals surface area contributed by atoms with Crippen LogP contribution in [0, 0.1) is 0 Å². The number of hydrogen-bond acceptors (Lipinski definition) is 3. The van der Waals surface area contributed by atoms with E-state index >= 15 is 0 Å². The van der Waals surface area contributed by atoms with E-state index in [4.69, 9.17) is 5.11 Å². The molecule has 4 heteroatoms. The van der Waals surface area contributed by atoms with Gasteiger partial charge >= 0.3 is 5.97 Å². The number of nitrogens with zero attached hydrogens (tertiary/aromatic N) is 1. The number of carboxylic acids is 1. The molecule has 0 bridgehead atoms. The Kier molecular flexibility index (Phi) is 2.35. The summed E-state index contributed by atoms with van der Waals surface area (Å²) < 4.78 is 0. The summed E-state index contributed by atoms with van der Waals surface area (Å²) in [6.07, 6.45) is 3.55. The van der Waals surface area contributed by atoms with Gasteiger partial charge in [-0.3, -0.25) is 0 Å². The molecule has 2 N–H and O–H groups in total. The van der Waals surface area contributed by atoms with Crippen LogP contribution >= 0.6 is 0 Å². The average molecular weight is 192 g/mol. The zero-order chi connectivity index (χ0) is 9.97. The van der Waals surface area contributed by atoms with Gasteiger partial charge in [-0.15, -0.1) is 0 Å². The normalized spacial score (nSPS) is 16.0. The molecule has 74 valence electrons. The van der Waals surface area contributed by atoms with Gasteiger partial charge in [0.15, 0.2) is 5.69 Å². The molecule has 4 nitrogen and oxygen atoms in total. The zero-order valence-electron chi connectivity index (χ0n) is 7.73. The summed E-state index contributed by atoms with van der Waals surface area (Å²) in [7, 11) is 0. The third kappa shape index (κ3) is 1.84. The Morgan fingerprint density at radius 3 is 2.86 bits per heavy atom. The summed E-state index contributed by atoms with van der Waals surface area (Å²) >= 11 is 0. The third-order valence-corrected chi connectivity index (χ3v) is 2.43. The van der Waals surface area contributed by atoms with E-state index < -0.39 is 5.97 Å². The molecule has 0 amide bonds. The Morgan fingerprint density at radius 1 is 1.50 bits per heavy atom. The highest BCUT2D eigenvalue weighted by Crippen LogP contribution is 2.22. The summed E-state index contributed by atoms with van der Waals surface area (Å²) in [4.78, 5) is 14.6. The van der Waals surface area contributed by atoms with E-state index in [0.717, 1.165) is 12.8 Å². The molecule has 1 fully saturated rings. The second-order valence-electron chi connectivity index (χ2n) is 3.49. The molecular weight excluding hydrogens is 180 g/mol. The molecule has 14 heavy (non-hydrogen) atoms. The van der Waals surface area contributed by atoms with Gasteiger partial charge in [0, 0.05) is 6.04 Å². The molecule has 2 rings (SSSR count). The molecule has 1 heterocycles. The number of aromatic carboxylic acids is 1. The van der Waals surface area contributed by atoms with Gasteiger partial charge in [0.2, 0.25) is 0 Å². The number of rotatable bonds is 3. The fourth-order valence-corrected chi connectivity index (χ4v) is 1.40. The highest BCUT2D eigenvalue weighted by Gasteiger charge is 2.17. The van der Waals surface area contributed by atoms with Crippen LogP contribution in [0.2, 0.25) is 0 Å². The highest BCUT2D eigenvalue weighted by molar-refractivity contribution is 5.85. The Hall–Kier alpha value is -1.58. The zero-order valence-corrected chi connectivity index (χ0v) is 7.73. The monoisotopic (exact) mass is 192 g/mol. The summed E-state index contributed by atoms with van der Waals surface area (Å²) in [6.45, 7) is 0. The second kappa shape index (κ2) is 3.65. The van der Waals surface area contributed by atoms with Gasteiger partial charge in [-0.1, -0.05) is 6.07 Å². The van der Waals surface area contributed by atoms with E-state index in [0.29, 0.717) is 11.9 Å². The lowest BCUT2D eigenvalue weighted by Crippen LogP contribution is -2.27. The van der Waals surface area contributed by atoms with Crippen LogP contribution < -0.4 is 5.32 Å². The van der Waals surface area contributed by atoms with Gasteiger partial charge in [0.25, 0.3) is 0 Å². The van der Waals surface area contributed by atoms with Crippen molar-refractivity contribution in [2.45, 2.75) is 25.3 Å². The van der Waals surface area contributed by atoms with E-state index in [9.17, 15) is 4.79 Å². The maximum atomic E-state index is 10.6. The number of nitrogens with one attached hydrogen (secondary N) is 1. The summed E-state index contributed by atoms with van der Waals surface area (Å²) in [5.74, 6) is -0.322. The Morgan fingerprint density at radius 2 is 2.29 bits per heavy atom. The van der Waals surface area contributed by atoms with Crippen LogP contribution in [0.3, 0.4) is 0 Å². The largest absolute Gasteiger partial charge is 0.477 e. The van der Waals surface area contributed by atoms with Crippen molar-refractivity contribution in [2.24, 2.45) is 0 Å². The molecular formula is C10H12N2O2. The summed E-state index contributed by atoms with van der Waals surface area (Å²) in [5.41, 5.74) is 0.0920. The number of carbonyl (C=O) groups is 1. The molecule has 1 aromatic heterocycles. The van der Waals surface area contributed by atoms with Crippen molar-refractivity contribution in [1.82, 2.24) is 4.98 Å². The number of pyridine rings is 1. The lowest BCUT2D eigenvalue weighted by atomic mass is 9.93.